The lowest BCUT2D eigenvalue weighted by Crippen LogP contribution is -1.98. The standard InChI is InChI=1S/C19H16N4/c1-12-15(20)11-14(18(21-12)13-7-3-2-4-8-13)19-22-16-9-5-6-10-17(16)23-19/h2-11H,20H2,1H3,(H,22,23). The van der Waals surface area contributed by atoms with Gasteiger partial charge in [0.1, 0.15) is 5.82 Å². The fourth-order valence-electron chi connectivity index (χ4n) is 2.70. The minimum atomic E-state index is 0.667. The van der Waals surface area contributed by atoms with Gasteiger partial charge in [0.05, 0.1) is 28.1 Å². The van der Waals surface area contributed by atoms with Crippen LogP contribution in [0.2, 0.25) is 0 Å². The number of nitrogens with two attached hydrogens (primary N) is 1. The Morgan fingerprint density at radius 2 is 1.65 bits per heavy atom. The number of hydrogen-bond acceptors (Lipinski definition) is 3. The lowest BCUT2D eigenvalue weighted by molar-refractivity contribution is 1.20. The summed E-state index contributed by atoms with van der Waals surface area (Å²) in [5.41, 5.74) is 12.4. The molecule has 0 aliphatic carbocycles. The van der Waals surface area contributed by atoms with Gasteiger partial charge in [0.2, 0.25) is 0 Å². The largest absolute Gasteiger partial charge is 0.397 e. The van der Waals surface area contributed by atoms with Crippen molar-refractivity contribution in [2.24, 2.45) is 0 Å². The van der Waals surface area contributed by atoms with E-state index in [9.17, 15) is 0 Å². The first-order valence-corrected chi connectivity index (χ1v) is 7.50. The maximum absolute atomic E-state index is 6.10. The Balaban J connectivity index is 1.98. The second-order valence-corrected chi connectivity index (χ2v) is 5.53. The van der Waals surface area contributed by atoms with E-state index < -0.39 is 0 Å². The van der Waals surface area contributed by atoms with E-state index in [1.807, 2.05) is 67.6 Å². The summed E-state index contributed by atoms with van der Waals surface area (Å²) in [6, 6.07) is 20.0. The fourth-order valence-corrected chi connectivity index (χ4v) is 2.70. The molecule has 0 saturated carbocycles. The highest BCUT2D eigenvalue weighted by molar-refractivity contribution is 5.85. The van der Waals surface area contributed by atoms with Gasteiger partial charge < -0.3 is 10.7 Å². The molecule has 0 unspecified atom stereocenters. The molecule has 0 aliphatic rings. The van der Waals surface area contributed by atoms with Crippen LogP contribution in [-0.2, 0) is 0 Å². The number of aromatic amines is 1. The summed E-state index contributed by atoms with van der Waals surface area (Å²) in [6.07, 6.45) is 0. The van der Waals surface area contributed by atoms with E-state index >= 15 is 0 Å². The van der Waals surface area contributed by atoms with Gasteiger partial charge in [-0.05, 0) is 25.1 Å². The smallest absolute Gasteiger partial charge is 0.140 e. The molecule has 4 rings (SSSR count). The lowest BCUT2D eigenvalue weighted by atomic mass is 10.0. The third-order valence-electron chi connectivity index (χ3n) is 3.94. The molecular weight excluding hydrogens is 284 g/mol. The molecule has 4 heteroatoms. The molecule has 0 fully saturated rings. The average molecular weight is 300 g/mol. The quantitative estimate of drug-likeness (QED) is 0.583. The summed E-state index contributed by atoms with van der Waals surface area (Å²) in [7, 11) is 0. The van der Waals surface area contributed by atoms with E-state index in [4.69, 9.17) is 10.7 Å². The van der Waals surface area contributed by atoms with Crippen molar-refractivity contribution in [3.05, 3.63) is 66.4 Å². The number of nitrogens with one attached hydrogen (secondary N) is 1. The number of aromatic nitrogens is 3. The van der Waals surface area contributed by atoms with Gasteiger partial charge in [0.15, 0.2) is 0 Å². The van der Waals surface area contributed by atoms with Crippen molar-refractivity contribution in [2.75, 3.05) is 5.73 Å². The Hall–Kier alpha value is -3.14. The summed E-state index contributed by atoms with van der Waals surface area (Å²) >= 11 is 0. The highest BCUT2D eigenvalue weighted by Crippen LogP contribution is 2.32. The molecule has 0 aliphatic heterocycles. The van der Waals surface area contributed by atoms with E-state index in [1.165, 1.54) is 0 Å². The number of aryl methyl sites for hydroxylation is 1. The van der Waals surface area contributed by atoms with Crippen LogP contribution in [-0.4, -0.2) is 15.0 Å². The first-order valence-electron chi connectivity index (χ1n) is 7.50. The Bertz CT molecular complexity index is 954. The predicted octanol–water partition coefficient (Wildman–Crippen LogP) is 4.18. The van der Waals surface area contributed by atoms with Crippen LogP contribution in [0, 0.1) is 6.92 Å². The molecule has 4 nitrogen and oxygen atoms in total. The number of nitrogens with zero attached hydrogens (tertiary/aromatic N) is 2. The summed E-state index contributed by atoms with van der Waals surface area (Å²) in [4.78, 5) is 12.8. The zero-order chi connectivity index (χ0) is 15.8. The Kier molecular flexibility index (Phi) is 3.08. The number of H-pyrrole nitrogens is 1. The third kappa shape index (κ3) is 2.34. The maximum Gasteiger partial charge on any atom is 0.140 e. The van der Waals surface area contributed by atoms with E-state index in [0.717, 1.165) is 39.4 Å². The normalized spacial score (nSPS) is 11.0. The maximum atomic E-state index is 6.10. The molecule has 23 heavy (non-hydrogen) atoms. The second kappa shape index (κ2) is 5.25. The summed E-state index contributed by atoms with van der Waals surface area (Å²) in [6.45, 7) is 1.92. The number of nitrogen functional groups attached to an aromatic ring is 1. The zero-order valence-electron chi connectivity index (χ0n) is 12.7. The van der Waals surface area contributed by atoms with Crippen molar-refractivity contribution in [1.29, 1.82) is 0 Å². The summed E-state index contributed by atoms with van der Waals surface area (Å²) in [5.74, 6) is 0.782. The molecule has 2 aromatic carbocycles. The van der Waals surface area contributed by atoms with Gasteiger partial charge in [-0.15, -0.1) is 0 Å². The summed E-state index contributed by atoms with van der Waals surface area (Å²) in [5, 5.41) is 0. The van der Waals surface area contributed by atoms with Crippen LogP contribution >= 0.6 is 0 Å². The van der Waals surface area contributed by atoms with Gasteiger partial charge >= 0.3 is 0 Å². The number of benzene rings is 2. The molecule has 0 amide bonds. The van der Waals surface area contributed by atoms with Gasteiger partial charge in [-0.3, -0.25) is 4.98 Å². The van der Waals surface area contributed by atoms with Crippen LogP contribution in [0.5, 0.6) is 0 Å². The van der Waals surface area contributed by atoms with E-state index in [2.05, 4.69) is 9.97 Å². The zero-order valence-corrected chi connectivity index (χ0v) is 12.7. The topological polar surface area (TPSA) is 67.6 Å². The number of pyridine rings is 1. The number of rotatable bonds is 2. The molecule has 0 atom stereocenters. The van der Waals surface area contributed by atoms with E-state index in [0.29, 0.717) is 5.69 Å². The van der Waals surface area contributed by atoms with Crippen LogP contribution in [0.3, 0.4) is 0 Å². The molecule has 112 valence electrons. The van der Waals surface area contributed by atoms with Crippen LogP contribution in [0.4, 0.5) is 5.69 Å². The van der Waals surface area contributed by atoms with Gasteiger partial charge in [-0.25, -0.2) is 4.98 Å². The number of fused-ring (bicyclic) bond motifs is 1. The van der Waals surface area contributed by atoms with Gasteiger partial charge in [0.25, 0.3) is 0 Å². The molecule has 0 spiro atoms. The first kappa shape index (κ1) is 13.5. The number of imidazole rings is 1. The fraction of sp³-hybridized carbons (Fsp3) is 0.0526. The SMILES string of the molecule is Cc1nc(-c2ccccc2)c(-c2nc3ccccc3[nH]2)cc1N. The van der Waals surface area contributed by atoms with Crippen molar-refractivity contribution >= 4 is 16.7 Å². The van der Waals surface area contributed by atoms with Crippen molar-refractivity contribution in [3.8, 4) is 22.6 Å². The molecule has 2 heterocycles. The molecule has 0 saturated heterocycles. The average Bonchev–Trinajstić information content (AvgIpc) is 3.01. The van der Waals surface area contributed by atoms with Crippen molar-refractivity contribution in [1.82, 2.24) is 15.0 Å². The van der Waals surface area contributed by atoms with Crippen molar-refractivity contribution in [2.45, 2.75) is 6.92 Å². The number of hydrogen-bond donors (Lipinski definition) is 2. The van der Waals surface area contributed by atoms with Gasteiger partial charge in [0, 0.05) is 11.1 Å². The van der Waals surface area contributed by atoms with E-state index in [-0.39, 0.29) is 0 Å². The molecule has 4 aromatic rings. The van der Waals surface area contributed by atoms with Crippen LogP contribution in [0.1, 0.15) is 5.69 Å². The molecule has 0 bridgehead atoms. The number of para-hydroxylation sites is 2. The first-order chi connectivity index (χ1) is 11.2. The highest BCUT2D eigenvalue weighted by Gasteiger charge is 2.14. The van der Waals surface area contributed by atoms with Crippen LogP contribution in [0.25, 0.3) is 33.7 Å². The van der Waals surface area contributed by atoms with Gasteiger partial charge in [-0.1, -0.05) is 42.5 Å². The van der Waals surface area contributed by atoms with Crippen LogP contribution in [0.15, 0.2) is 60.7 Å². The Morgan fingerprint density at radius 3 is 2.43 bits per heavy atom. The molecule has 0 radical (unpaired) electrons. The van der Waals surface area contributed by atoms with Crippen molar-refractivity contribution < 1.29 is 0 Å². The minimum absolute atomic E-state index is 0.667. The second-order valence-electron chi connectivity index (χ2n) is 5.53. The predicted molar refractivity (Wildman–Crippen MR) is 93.9 cm³/mol. The lowest BCUT2D eigenvalue weighted by Gasteiger charge is -2.10. The van der Waals surface area contributed by atoms with E-state index in [1.54, 1.807) is 0 Å². The third-order valence-corrected chi connectivity index (χ3v) is 3.94. The molecular formula is C19H16N4. The Morgan fingerprint density at radius 1 is 0.913 bits per heavy atom. The van der Waals surface area contributed by atoms with Crippen molar-refractivity contribution in [3.63, 3.8) is 0 Å². The molecule has 2 aromatic heterocycles. The number of anilines is 1. The Labute approximate surface area is 134 Å². The van der Waals surface area contributed by atoms with Crippen LogP contribution < -0.4 is 5.73 Å². The summed E-state index contributed by atoms with van der Waals surface area (Å²) < 4.78 is 0. The molecule has 3 N–H and O–H groups in total. The monoisotopic (exact) mass is 300 g/mol. The van der Waals surface area contributed by atoms with Gasteiger partial charge in [-0.2, -0.15) is 0 Å². The highest BCUT2D eigenvalue weighted by atomic mass is 14.9. The minimum Gasteiger partial charge on any atom is -0.397 e.